The molecule has 0 aromatic heterocycles. The van der Waals surface area contributed by atoms with Gasteiger partial charge in [0.05, 0.1) is 14.2 Å². The lowest BCUT2D eigenvalue weighted by molar-refractivity contribution is -0.152. The number of ketones is 1. The molecule has 1 aliphatic rings. The van der Waals surface area contributed by atoms with E-state index >= 15 is 0 Å². The lowest BCUT2D eigenvalue weighted by Crippen LogP contribution is -2.29. The molecular formula is C17H20O5. The SMILES string of the molecule is COc1cc(/C=C/C(=O)O[C@@H]2CCCCC2=O)cc(OC)c1. The molecule has 1 saturated carbocycles. The molecule has 0 bridgehead atoms. The standard InChI is InChI=1S/C17H20O5/c1-20-13-9-12(10-14(11-13)21-2)7-8-17(19)22-16-6-4-3-5-15(16)18/h7-11,16H,3-6H2,1-2H3/b8-7+/t16-/m1/s1. The van der Waals surface area contributed by atoms with Crippen LogP contribution in [0.4, 0.5) is 0 Å². The van der Waals surface area contributed by atoms with Gasteiger partial charge in [-0.15, -0.1) is 0 Å². The van der Waals surface area contributed by atoms with Crippen molar-refractivity contribution in [3.8, 4) is 11.5 Å². The third kappa shape index (κ3) is 4.35. The van der Waals surface area contributed by atoms with Crippen LogP contribution >= 0.6 is 0 Å². The van der Waals surface area contributed by atoms with Crippen molar-refractivity contribution in [2.24, 2.45) is 0 Å². The first-order valence-corrected chi connectivity index (χ1v) is 7.27. The first-order chi connectivity index (χ1) is 10.6. The molecule has 118 valence electrons. The van der Waals surface area contributed by atoms with Crippen LogP contribution < -0.4 is 9.47 Å². The number of hydrogen-bond acceptors (Lipinski definition) is 5. The summed E-state index contributed by atoms with van der Waals surface area (Å²) in [5, 5.41) is 0. The predicted molar refractivity (Wildman–Crippen MR) is 81.9 cm³/mol. The maximum atomic E-state index is 11.8. The number of carbonyl (C=O) groups is 2. The molecule has 1 fully saturated rings. The lowest BCUT2D eigenvalue weighted by Gasteiger charge is -2.19. The maximum Gasteiger partial charge on any atom is 0.331 e. The van der Waals surface area contributed by atoms with Gasteiger partial charge in [-0.3, -0.25) is 4.79 Å². The number of hydrogen-bond donors (Lipinski definition) is 0. The van der Waals surface area contributed by atoms with Gasteiger partial charge in [-0.05, 0) is 43.0 Å². The van der Waals surface area contributed by atoms with E-state index in [1.807, 2.05) is 0 Å². The topological polar surface area (TPSA) is 61.8 Å². The number of esters is 1. The van der Waals surface area contributed by atoms with Gasteiger partial charge < -0.3 is 14.2 Å². The van der Waals surface area contributed by atoms with E-state index < -0.39 is 12.1 Å². The Labute approximate surface area is 129 Å². The minimum atomic E-state index is -0.592. The molecule has 0 saturated heterocycles. The summed E-state index contributed by atoms with van der Waals surface area (Å²) in [5.74, 6) is 0.766. The Morgan fingerprint density at radius 3 is 2.41 bits per heavy atom. The molecule has 1 aromatic rings. The molecule has 2 rings (SSSR count). The molecule has 0 aliphatic heterocycles. The third-order valence-electron chi connectivity index (χ3n) is 3.54. The van der Waals surface area contributed by atoms with Crippen molar-refractivity contribution in [1.29, 1.82) is 0 Å². The van der Waals surface area contributed by atoms with Gasteiger partial charge in [0.1, 0.15) is 11.5 Å². The van der Waals surface area contributed by atoms with Gasteiger partial charge >= 0.3 is 5.97 Å². The Morgan fingerprint density at radius 2 is 1.82 bits per heavy atom. The molecule has 22 heavy (non-hydrogen) atoms. The van der Waals surface area contributed by atoms with Crippen molar-refractivity contribution in [1.82, 2.24) is 0 Å². The fourth-order valence-electron chi connectivity index (χ4n) is 2.35. The Morgan fingerprint density at radius 1 is 1.14 bits per heavy atom. The largest absolute Gasteiger partial charge is 0.497 e. The maximum absolute atomic E-state index is 11.8. The number of Topliss-reactive ketones (excluding diaryl/α,β-unsaturated/α-hetero) is 1. The average Bonchev–Trinajstić information content (AvgIpc) is 2.54. The van der Waals surface area contributed by atoms with Gasteiger partial charge in [0, 0.05) is 18.6 Å². The second-order valence-corrected chi connectivity index (χ2v) is 5.12. The Bertz CT molecular complexity index is 554. The van der Waals surface area contributed by atoms with Crippen LogP contribution in [0.3, 0.4) is 0 Å². The number of benzene rings is 1. The second-order valence-electron chi connectivity index (χ2n) is 5.12. The van der Waals surface area contributed by atoms with Gasteiger partial charge in [0.25, 0.3) is 0 Å². The number of rotatable bonds is 5. The summed E-state index contributed by atoms with van der Waals surface area (Å²) in [7, 11) is 3.12. The minimum Gasteiger partial charge on any atom is -0.497 e. The number of methoxy groups -OCH3 is 2. The Kier molecular flexibility index (Phi) is 5.58. The van der Waals surface area contributed by atoms with E-state index in [-0.39, 0.29) is 5.78 Å². The molecule has 5 heteroatoms. The first kappa shape index (κ1) is 16.1. The van der Waals surface area contributed by atoms with Crippen LogP contribution in [0, 0.1) is 0 Å². The Balaban J connectivity index is 2.01. The molecule has 0 radical (unpaired) electrons. The van der Waals surface area contributed by atoms with Gasteiger partial charge in [0.2, 0.25) is 0 Å². The van der Waals surface area contributed by atoms with Crippen molar-refractivity contribution in [2.75, 3.05) is 14.2 Å². The molecule has 0 heterocycles. The first-order valence-electron chi connectivity index (χ1n) is 7.27. The van der Waals surface area contributed by atoms with Crippen molar-refractivity contribution in [2.45, 2.75) is 31.8 Å². The smallest absolute Gasteiger partial charge is 0.331 e. The molecule has 0 spiro atoms. The lowest BCUT2D eigenvalue weighted by atomic mass is 9.96. The number of carbonyl (C=O) groups excluding carboxylic acids is 2. The van der Waals surface area contributed by atoms with E-state index in [0.29, 0.717) is 24.3 Å². The second kappa shape index (κ2) is 7.64. The minimum absolute atomic E-state index is 0.0102. The van der Waals surface area contributed by atoms with Crippen molar-refractivity contribution in [3.05, 3.63) is 29.8 Å². The third-order valence-corrected chi connectivity index (χ3v) is 3.54. The molecule has 1 aliphatic carbocycles. The summed E-state index contributed by atoms with van der Waals surface area (Å²) in [6, 6.07) is 5.30. The summed E-state index contributed by atoms with van der Waals surface area (Å²) in [6.07, 6.45) is 5.25. The molecular weight excluding hydrogens is 284 g/mol. The summed E-state index contributed by atoms with van der Waals surface area (Å²) < 4.78 is 15.5. The highest BCUT2D eigenvalue weighted by atomic mass is 16.5. The highest BCUT2D eigenvalue weighted by Gasteiger charge is 2.24. The summed E-state index contributed by atoms with van der Waals surface area (Å²) >= 11 is 0. The van der Waals surface area contributed by atoms with Crippen molar-refractivity contribution >= 4 is 17.8 Å². The fraction of sp³-hybridized carbons (Fsp3) is 0.412. The molecule has 1 aromatic carbocycles. The van der Waals surface area contributed by atoms with Crippen LogP contribution in [0.25, 0.3) is 6.08 Å². The molecule has 0 unspecified atom stereocenters. The van der Waals surface area contributed by atoms with E-state index in [0.717, 1.165) is 18.4 Å². The summed E-state index contributed by atoms with van der Waals surface area (Å²) in [5.41, 5.74) is 0.753. The zero-order valence-electron chi connectivity index (χ0n) is 12.8. The summed E-state index contributed by atoms with van der Waals surface area (Å²) in [6.45, 7) is 0. The molecule has 5 nitrogen and oxygen atoms in total. The van der Waals surface area contributed by atoms with Crippen LogP contribution in [0.1, 0.15) is 31.2 Å². The highest BCUT2D eigenvalue weighted by molar-refractivity contribution is 5.91. The normalized spacial score (nSPS) is 18.3. The fourth-order valence-corrected chi connectivity index (χ4v) is 2.35. The van der Waals surface area contributed by atoms with Crippen molar-refractivity contribution in [3.63, 3.8) is 0 Å². The molecule has 0 amide bonds. The van der Waals surface area contributed by atoms with Crippen LogP contribution in [0.2, 0.25) is 0 Å². The predicted octanol–water partition coefficient (Wildman–Crippen LogP) is 2.77. The van der Waals surface area contributed by atoms with E-state index in [9.17, 15) is 9.59 Å². The summed E-state index contributed by atoms with van der Waals surface area (Å²) in [4.78, 5) is 23.5. The highest BCUT2D eigenvalue weighted by Crippen LogP contribution is 2.23. The van der Waals surface area contributed by atoms with Crippen LogP contribution in [-0.4, -0.2) is 32.1 Å². The van der Waals surface area contributed by atoms with E-state index in [1.54, 1.807) is 38.5 Å². The monoisotopic (exact) mass is 304 g/mol. The quantitative estimate of drug-likeness (QED) is 0.618. The van der Waals surface area contributed by atoms with E-state index in [2.05, 4.69) is 0 Å². The zero-order chi connectivity index (χ0) is 15.9. The van der Waals surface area contributed by atoms with E-state index in [4.69, 9.17) is 14.2 Å². The van der Waals surface area contributed by atoms with Crippen molar-refractivity contribution < 1.29 is 23.8 Å². The van der Waals surface area contributed by atoms with Crippen LogP contribution in [0.15, 0.2) is 24.3 Å². The molecule has 0 N–H and O–H groups in total. The van der Waals surface area contributed by atoms with Gasteiger partial charge in [-0.2, -0.15) is 0 Å². The van der Waals surface area contributed by atoms with Gasteiger partial charge in [-0.25, -0.2) is 4.79 Å². The van der Waals surface area contributed by atoms with Crippen LogP contribution in [0.5, 0.6) is 11.5 Å². The van der Waals surface area contributed by atoms with Gasteiger partial charge in [0.15, 0.2) is 11.9 Å². The average molecular weight is 304 g/mol. The molecule has 1 atom stereocenters. The van der Waals surface area contributed by atoms with Crippen LogP contribution in [-0.2, 0) is 14.3 Å². The zero-order valence-corrected chi connectivity index (χ0v) is 12.8. The number of ether oxygens (including phenoxy) is 3. The Hall–Kier alpha value is -2.30. The van der Waals surface area contributed by atoms with Gasteiger partial charge in [-0.1, -0.05) is 0 Å². The van der Waals surface area contributed by atoms with E-state index in [1.165, 1.54) is 6.08 Å².